The number of nitrogens with zero attached hydrogens (tertiary/aromatic N) is 1. The highest BCUT2D eigenvalue weighted by Gasteiger charge is 2.37. The number of carboxylic acids is 1. The predicted molar refractivity (Wildman–Crippen MR) is 77.2 cm³/mol. The second-order valence-corrected chi connectivity index (χ2v) is 5.25. The second-order valence-electron chi connectivity index (χ2n) is 5.25. The van der Waals surface area contributed by atoms with Crippen molar-refractivity contribution < 1.29 is 19.7 Å². The van der Waals surface area contributed by atoms with Gasteiger partial charge in [0.25, 0.3) is 0 Å². The number of aliphatic carboxylic acids is 1. The molecule has 0 amide bonds. The fraction of sp³-hybridized carbons (Fsp3) is 0.533. The van der Waals surface area contributed by atoms with Gasteiger partial charge in [-0.15, -0.1) is 0 Å². The van der Waals surface area contributed by atoms with E-state index in [1.54, 1.807) is 39.2 Å². The molecule has 0 saturated carbocycles. The van der Waals surface area contributed by atoms with Crippen LogP contribution in [0.1, 0.15) is 39.3 Å². The van der Waals surface area contributed by atoms with E-state index < -0.39 is 11.5 Å². The van der Waals surface area contributed by atoms with Crippen LogP contribution in [0.5, 0.6) is 11.5 Å². The van der Waals surface area contributed by atoms with Gasteiger partial charge in [-0.1, -0.05) is 6.92 Å². The molecule has 5 nitrogen and oxygen atoms in total. The first-order valence-corrected chi connectivity index (χ1v) is 6.62. The molecule has 1 aromatic carbocycles. The van der Waals surface area contributed by atoms with Crippen molar-refractivity contribution in [1.82, 2.24) is 4.90 Å². The average molecular weight is 281 g/mol. The van der Waals surface area contributed by atoms with Crippen molar-refractivity contribution in [1.29, 1.82) is 0 Å². The van der Waals surface area contributed by atoms with Gasteiger partial charge in [-0.05, 0) is 45.5 Å². The largest absolute Gasteiger partial charge is 0.508 e. The van der Waals surface area contributed by atoms with Gasteiger partial charge >= 0.3 is 5.97 Å². The minimum Gasteiger partial charge on any atom is -0.508 e. The Hall–Kier alpha value is -1.75. The Kier molecular flexibility index (Phi) is 5.00. The summed E-state index contributed by atoms with van der Waals surface area (Å²) >= 11 is 0. The normalized spacial score (nSPS) is 13.3. The summed E-state index contributed by atoms with van der Waals surface area (Å²) in [5.74, 6) is -0.125. The minimum absolute atomic E-state index is 0.137. The van der Waals surface area contributed by atoms with Crippen LogP contribution in [-0.2, 0) is 4.79 Å². The van der Waals surface area contributed by atoms with Gasteiger partial charge < -0.3 is 14.9 Å². The summed E-state index contributed by atoms with van der Waals surface area (Å²) in [5.41, 5.74) is -0.371. The van der Waals surface area contributed by atoms with Gasteiger partial charge in [0, 0.05) is 11.6 Å². The summed E-state index contributed by atoms with van der Waals surface area (Å²) in [7, 11) is 1.56. The first-order chi connectivity index (χ1) is 9.25. The van der Waals surface area contributed by atoms with E-state index in [1.165, 1.54) is 0 Å². The van der Waals surface area contributed by atoms with Crippen molar-refractivity contribution in [3.63, 3.8) is 0 Å². The molecule has 0 bridgehead atoms. The van der Waals surface area contributed by atoms with E-state index in [0.717, 1.165) is 0 Å². The van der Waals surface area contributed by atoms with Crippen molar-refractivity contribution in [2.45, 2.75) is 39.3 Å². The molecule has 0 aromatic heterocycles. The Morgan fingerprint density at radius 3 is 2.50 bits per heavy atom. The molecule has 0 fully saturated rings. The summed E-state index contributed by atoms with van der Waals surface area (Å²) < 4.78 is 5.16. The van der Waals surface area contributed by atoms with Crippen LogP contribution in [0.4, 0.5) is 0 Å². The van der Waals surface area contributed by atoms with E-state index in [4.69, 9.17) is 4.74 Å². The fourth-order valence-electron chi connectivity index (χ4n) is 2.44. The lowest BCUT2D eigenvalue weighted by atomic mass is 9.96. The summed E-state index contributed by atoms with van der Waals surface area (Å²) in [6.07, 6.45) is 0. The van der Waals surface area contributed by atoms with E-state index in [-0.39, 0.29) is 11.8 Å². The van der Waals surface area contributed by atoms with Crippen LogP contribution in [-0.4, -0.2) is 40.3 Å². The van der Waals surface area contributed by atoms with Gasteiger partial charge in [-0.25, -0.2) is 0 Å². The molecule has 0 spiro atoms. The zero-order valence-electron chi connectivity index (χ0n) is 12.7. The summed E-state index contributed by atoms with van der Waals surface area (Å²) in [5, 5.41) is 19.4. The van der Waals surface area contributed by atoms with Gasteiger partial charge in [0.2, 0.25) is 0 Å². The number of hydrogen-bond donors (Lipinski definition) is 2. The first-order valence-electron chi connectivity index (χ1n) is 6.62. The van der Waals surface area contributed by atoms with Crippen molar-refractivity contribution >= 4 is 5.97 Å². The summed E-state index contributed by atoms with van der Waals surface area (Å²) in [6.45, 7) is 7.65. The van der Waals surface area contributed by atoms with Gasteiger partial charge in [0.05, 0.1) is 7.11 Å². The van der Waals surface area contributed by atoms with E-state index in [9.17, 15) is 15.0 Å². The molecule has 5 heteroatoms. The van der Waals surface area contributed by atoms with E-state index in [1.807, 2.05) is 18.7 Å². The lowest BCUT2D eigenvalue weighted by Crippen LogP contribution is -2.51. The smallest absolute Gasteiger partial charge is 0.323 e. The van der Waals surface area contributed by atoms with Crippen LogP contribution in [0.2, 0.25) is 0 Å². The van der Waals surface area contributed by atoms with Crippen LogP contribution in [0.3, 0.4) is 0 Å². The van der Waals surface area contributed by atoms with E-state index in [2.05, 4.69) is 0 Å². The van der Waals surface area contributed by atoms with Crippen LogP contribution < -0.4 is 4.74 Å². The molecule has 0 saturated heterocycles. The number of carboxylic acid groups (broad SMARTS) is 1. The third-order valence-electron chi connectivity index (χ3n) is 3.73. The fourth-order valence-corrected chi connectivity index (χ4v) is 2.44. The monoisotopic (exact) mass is 281 g/mol. The second kappa shape index (κ2) is 6.13. The molecule has 0 aliphatic rings. The standard InChI is InChI=1S/C15H23NO4/c1-6-16(15(3,4)14(18)19)10(2)12-9-11(20-5)7-8-13(12)17/h7-10,17H,6H2,1-5H3,(H,18,19). The molecular weight excluding hydrogens is 258 g/mol. The highest BCUT2D eigenvalue weighted by molar-refractivity contribution is 5.77. The number of benzene rings is 1. The van der Waals surface area contributed by atoms with Gasteiger partial charge in [0.1, 0.15) is 17.0 Å². The lowest BCUT2D eigenvalue weighted by molar-refractivity contribution is -0.150. The van der Waals surface area contributed by atoms with Gasteiger partial charge in [-0.3, -0.25) is 9.69 Å². The topological polar surface area (TPSA) is 70.0 Å². The molecule has 2 N–H and O–H groups in total. The van der Waals surface area contributed by atoms with E-state index in [0.29, 0.717) is 17.9 Å². The molecule has 1 aromatic rings. The number of ether oxygens (including phenoxy) is 1. The summed E-state index contributed by atoms with van der Waals surface area (Å²) in [6, 6.07) is 4.72. The maximum absolute atomic E-state index is 11.4. The quantitative estimate of drug-likeness (QED) is 0.839. The van der Waals surface area contributed by atoms with Crippen LogP contribution in [0, 0.1) is 0 Å². The molecule has 1 atom stereocenters. The molecule has 1 unspecified atom stereocenters. The number of hydrogen-bond acceptors (Lipinski definition) is 4. The van der Waals surface area contributed by atoms with Crippen molar-refractivity contribution in [2.75, 3.05) is 13.7 Å². The minimum atomic E-state index is -1.02. The number of likely N-dealkylation sites (N-methyl/N-ethyl adjacent to an activating group) is 1. The molecule has 0 aliphatic carbocycles. The molecule has 112 valence electrons. The average Bonchev–Trinajstić information content (AvgIpc) is 2.39. The number of carbonyl (C=O) groups is 1. The Bertz CT molecular complexity index is 485. The number of methoxy groups -OCH3 is 1. The highest BCUT2D eigenvalue weighted by Crippen LogP contribution is 2.35. The maximum Gasteiger partial charge on any atom is 0.323 e. The molecule has 1 rings (SSSR count). The lowest BCUT2D eigenvalue weighted by Gasteiger charge is -2.39. The van der Waals surface area contributed by atoms with Crippen LogP contribution in [0.15, 0.2) is 18.2 Å². The maximum atomic E-state index is 11.4. The molecule has 20 heavy (non-hydrogen) atoms. The molecule has 0 aliphatic heterocycles. The van der Waals surface area contributed by atoms with Gasteiger partial charge in [-0.2, -0.15) is 0 Å². The Morgan fingerprint density at radius 2 is 2.05 bits per heavy atom. The zero-order chi connectivity index (χ0) is 15.5. The van der Waals surface area contributed by atoms with Crippen molar-refractivity contribution in [2.24, 2.45) is 0 Å². The van der Waals surface area contributed by atoms with Gasteiger partial charge in [0.15, 0.2) is 0 Å². The van der Waals surface area contributed by atoms with Crippen molar-refractivity contribution in [3.05, 3.63) is 23.8 Å². The SMILES string of the molecule is CCN(C(C)c1cc(OC)ccc1O)C(C)(C)C(=O)O. The van der Waals surface area contributed by atoms with Crippen molar-refractivity contribution in [3.8, 4) is 11.5 Å². The number of phenolic OH excluding ortho intramolecular Hbond substituents is 1. The molecule has 0 heterocycles. The summed E-state index contributed by atoms with van der Waals surface area (Å²) in [4.78, 5) is 13.3. The molecule has 0 radical (unpaired) electrons. The Labute approximate surface area is 119 Å². The predicted octanol–water partition coefficient (Wildman–Crippen LogP) is 2.65. The Morgan fingerprint density at radius 1 is 1.45 bits per heavy atom. The van der Waals surface area contributed by atoms with E-state index >= 15 is 0 Å². The molecular formula is C15H23NO4. The number of rotatable bonds is 6. The Balaban J connectivity index is 3.21. The highest BCUT2D eigenvalue weighted by atomic mass is 16.5. The van der Waals surface area contributed by atoms with Crippen LogP contribution >= 0.6 is 0 Å². The number of phenols is 1. The zero-order valence-corrected chi connectivity index (χ0v) is 12.7. The third kappa shape index (κ3) is 3.04. The van der Waals surface area contributed by atoms with Crippen LogP contribution in [0.25, 0.3) is 0 Å². The third-order valence-corrected chi connectivity index (χ3v) is 3.73. The first kappa shape index (κ1) is 16.3. The number of aromatic hydroxyl groups is 1.